The summed E-state index contributed by atoms with van der Waals surface area (Å²) in [5.74, 6) is -0.968. The van der Waals surface area contributed by atoms with Gasteiger partial charge in [-0.05, 0) is 0 Å². The molecule has 8 heavy (non-hydrogen) atoms. The predicted molar refractivity (Wildman–Crippen MR) is 24.0 cm³/mol. The minimum absolute atomic E-state index is 0. The number of rotatable bonds is 1. The Morgan fingerprint density at radius 1 is 1.62 bits per heavy atom. The zero-order valence-corrected chi connectivity index (χ0v) is 6.79. The van der Waals surface area contributed by atoms with Gasteiger partial charge in [-0.25, -0.2) is 7.11 Å². The van der Waals surface area contributed by atoms with Crippen molar-refractivity contribution >= 4 is 5.97 Å². The number of carboxylic acids is 1. The van der Waals surface area contributed by atoms with Gasteiger partial charge in [0.2, 0.25) is 0 Å². The van der Waals surface area contributed by atoms with Crippen LogP contribution < -0.4 is 35.3 Å². The quantitative estimate of drug-likeness (QED) is 0.250. The summed E-state index contributed by atoms with van der Waals surface area (Å²) in [6, 6.07) is 0. The fraction of sp³-hybridized carbons (Fsp3) is 0.333. The van der Waals surface area contributed by atoms with Crippen LogP contribution in [0.4, 0.5) is 0 Å². The molecule has 0 atom stereocenters. The SMILES string of the molecule is NCC(=O)O.[CH2-]O.[Na+]. The Balaban J connectivity index is -0.0000000750. The third-order valence-corrected chi connectivity index (χ3v) is 0.175. The standard InChI is InChI=1S/C2H5NO2.CH3O.Na/c3-1-2(4)5;1-2;/h1,3H2,(H,4,5);2H,1H2;/q;-1;+1. The van der Waals surface area contributed by atoms with E-state index in [0.717, 1.165) is 0 Å². The first-order valence-corrected chi connectivity index (χ1v) is 1.51. The smallest absolute Gasteiger partial charge is 0.569 e. The van der Waals surface area contributed by atoms with Crippen LogP contribution >= 0.6 is 0 Å². The monoisotopic (exact) mass is 129 g/mol. The Labute approximate surface area is 70.0 Å². The maximum absolute atomic E-state index is 9.24. The van der Waals surface area contributed by atoms with Gasteiger partial charge in [-0.3, -0.25) is 4.79 Å². The summed E-state index contributed by atoms with van der Waals surface area (Å²) < 4.78 is 0. The summed E-state index contributed by atoms with van der Waals surface area (Å²) in [5, 5.41) is 14.3. The number of aliphatic hydroxyl groups is 1. The molecule has 0 saturated carbocycles. The van der Waals surface area contributed by atoms with Crippen molar-refractivity contribution in [3.8, 4) is 0 Å². The fourth-order valence-corrected chi connectivity index (χ4v) is 0. The maximum Gasteiger partial charge on any atom is 1.00 e. The van der Waals surface area contributed by atoms with E-state index < -0.39 is 5.97 Å². The molecule has 4 N–H and O–H groups in total. The van der Waals surface area contributed by atoms with Crippen molar-refractivity contribution in [2.75, 3.05) is 6.54 Å². The van der Waals surface area contributed by atoms with Crippen molar-refractivity contribution in [2.45, 2.75) is 0 Å². The summed E-state index contributed by atoms with van der Waals surface area (Å²) in [5.41, 5.74) is 4.57. The molecule has 0 unspecified atom stereocenters. The Bertz CT molecular complexity index is 49.8. The van der Waals surface area contributed by atoms with Crippen LogP contribution in [0.5, 0.6) is 0 Å². The molecule has 0 aliphatic rings. The van der Waals surface area contributed by atoms with E-state index in [2.05, 4.69) is 12.8 Å². The number of aliphatic hydroxyl groups excluding tert-OH is 1. The average Bonchev–Trinajstić information content (AvgIpc) is 1.73. The van der Waals surface area contributed by atoms with Gasteiger partial charge in [0.1, 0.15) is 0 Å². The van der Waals surface area contributed by atoms with Gasteiger partial charge >= 0.3 is 35.5 Å². The predicted octanol–water partition coefficient (Wildman–Crippen LogP) is -3.82. The molecule has 0 bridgehead atoms. The Morgan fingerprint density at radius 2 is 1.75 bits per heavy atom. The minimum atomic E-state index is -0.968. The van der Waals surface area contributed by atoms with E-state index in [-0.39, 0.29) is 36.1 Å². The molecule has 5 heteroatoms. The topological polar surface area (TPSA) is 83.6 Å². The molecule has 0 saturated heterocycles. The van der Waals surface area contributed by atoms with Crippen molar-refractivity contribution < 1.29 is 44.6 Å². The molecule has 0 aliphatic heterocycles. The molecule has 0 aromatic carbocycles. The molecule has 0 amide bonds. The summed E-state index contributed by atoms with van der Waals surface area (Å²) in [7, 11) is 2.25. The number of hydrogen-bond acceptors (Lipinski definition) is 3. The second-order valence-corrected chi connectivity index (χ2v) is 0.598. The van der Waals surface area contributed by atoms with Crippen LogP contribution in [-0.4, -0.2) is 22.7 Å². The Hall–Kier alpha value is 0.390. The van der Waals surface area contributed by atoms with Crippen molar-refractivity contribution in [1.82, 2.24) is 0 Å². The normalized spacial score (nSPS) is 5.38. The summed E-state index contributed by atoms with van der Waals surface area (Å²) in [6.45, 7) is -0.278. The van der Waals surface area contributed by atoms with Gasteiger partial charge in [0.05, 0.1) is 6.54 Å². The van der Waals surface area contributed by atoms with Crippen molar-refractivity contribution in [1.29, 1.82) is 0 Å². The Morgan fingerprint density at radius 3 is 1.75 bits per heavy atom. The van der Waals surface area contributed by atoms with Gasteiger partial charge < -0.3 is 15.9 Å². The molecule has 0 spiro atoms. The van der Waals surface area contributed by atoms with E-state index in [0.29, 0.717) is 0 Å². The van der Waals surface area contributed by atoms with Gasteiger partial charge in [-0.15, -0.1) is 0 Å². The molecular formula is C3H8NNaO3. The van der Waals surface area contributed by atoms with Gasteiger partial charge in [-0.1, -0.05) is 0 Å². The van der Waals surface area contributed by atoms with Crippen LogP contribution in [0.15, 0.2) is 0 Å². The van der Waals surface area contributed by atoms with E-state index in [1.54, 1.807) is 0 Å². The first-order chi connectivity index (χ1) is 3.27. The molecule has 0 radical (unpaired) electrons. The van der Waals surface area contributed by atoms with E-state index in [1.165, 1.54) is 0 Å². The zero-order valence-electron chi connectivity index (χ0n) is 4.79. The van der Waals surface area contributed by atoms with Crippen LogP contribution in [0.1, 0.15) is 0 Å². The van der Waals surface area contributed by atoms with Crippen LogP contribution in [-0.2, 0) is 4.79 Å². The van der Waals surface area contributed by atoms with E-state index in [9.17, 15) is 4.79 Å². The molecular weight excluding hydrogens is 121 g/mol. The zero-order chi connectivity index (χ0) is 6.28. The minimum Gasteiger partial charge on any atom is -0.569 e. The van der Waals surface area contributed by atoms with E-state index in [4.69, 9.17) is 10.2 Å². The van der Waals surface area contributed by atoms with Crippen LogP contribution in [0, 0.1) is 7.11 Å². The third kappa shape index (κ3) is 32.5. The van der Waals surface area contributed by atoms with Crippen molar-refractivity contribution in [3.05, 3.63) is 7.11 Å². The summed E-state index contributed by atoms with van der Waals surface area (Å²) in [4.78, 5) is 9.24. The number of nitrogens with two attached hydrogens (primary N) is 1. The van der Waals surface area contributed by atoms with Gasteiger partial charge in [0.25, 0.3) is 0 Å². The van der Waals surface area contributed by atoms with Gasteiger partial charge in [0, 0.05) is 0 Å². The number of carbonyl (C=O) groups is 1. The van der Waals surface area contributed by atoms with Gasteiger partial charge in [-0.2, -0.15) is 0 Å². The largest absolute Gasteiger partial charge is 1.00 e. The van der Waals surface area contributed by atoms with Crippen LogP contribution in [0.25, 0.3) is 0 Å². The number of aliphatic carboxylic acids is 1. The first kappa shape index (κ1) is 15.8. The van der Waals surface area contributed by atoms with E-state index in [1.807, 2.05) is 0 Å². The van der Waals surface area contributed by atoms with Gasteiger partial charge in [0.15, 0.2) is 0 Å². The molecule has 4 nitrogen and oxygen atoms in total. The molecule has 0 aliphatic carbocycles. The molecule has 0 aromatic heterocycles. The average molecular weight is 129 g/mol. The summed E-state index contributed by atoms with van der Waals surface area (Å²) >= 11 is 0. The van der Waals surface area contributed by atoms with Crippen molar-refractivity contribution in [2.24, 2.45) is 5.73 Å². The summed E-state index contributed by atoms with van der Waals surface area (Å²) in [6.07, 6.45) is 0. The molecule has 0 rings (SSSR count). The number of carboxylic acid groups (broad SMARTS) is 1. The van der Waals surface area contributed by atoms with Crippen LogP contribution in [0.2, 0.25) is 0 Å². The molecule has 44 valence electrons. The third-order valence-electron chi connectivity index (χ3n) is 0.175. The van der Waals surface area contributed by atoms with E-state index >= 15 is 0 Å². The van der Waals surface area contributed by atoms with Crippen molar-refractivity contribution in [3.63, 3.8) is 0 Å². The fourth-order valence-electron chi connectivity index (χ4n) is 0. The molecule has 0 aromatic rings. The molecule has 0 fully saturated rings. The maximum atomic E-state index is 9.24. The molecule has 0 heterocycles. The number of hydrogen-bond donors (Lipinski definition) is 3. The second-order valence-electron chi connectivity index (χ2n) is 0.598. The van der Waals surface area contributed by atoms with Crippen LogP contribution in [0.3, 0.4) is 0 Å². The first-order valence-electron chi connectivity index (χ1n) is 1.51. The Kier molecular flexibility index (Phi) is 30.9. The second kappa shape index (κ2) is 15.7.